The van der Waals surface area contributed by atoms with Gasteiger partial charge < -0.3 is 5.11 Å². The van der Waals surface area contributed by atoms with Crippen LogP contribution in [0.15, 0.2) is 78.2 Å². The Morgan fingerprint density at radius 2 is 1.58 bits per heavy atom. The van der Waals surface area contributed by atoms with Gasteiger partial charge in [0.1, 0.15) is 5.75 Å². The standard InChI is InChI=1S/C23H14F3N3OS/c24-23(25,26)21-12-19(17-9-8-14-4-1-2-5-15(14)10-17)28-29(21)22-27-20(13-31-22)16-6-3-7-18(30)11-16/h1-13,30H. The van der Waals surface area contributed by atoms with E-state index in [1.54, 1.807) is 23.6 Å². The minimum atomic E-state index is -4.60. The topological polar surface area (TPSA) is 50.9 Å². The molecular weight excluding hydrogens is 423 g/mol. The van der Waals surface area contributed by atoms with Crippen molar-refractivity contribution in [2.24, 2.45) is 0 Å². The van der Waals surface area contributed by atoms with Crippen molar-refractivity contribution in [1.82, 2.24) is 14.8 Å². The molecule has 5 aromatic rings. The summed E-state index contributed by atoms with van der Waals surface area (Å²) in [5.74, 6) is 0.0562. The van der Waals surface area contributed by atoms with Gasteiger partial charge in [-0.3, -0.25) is 0 Å². The molecular formula is C23H14F3N3OS. The van der Waals surface area contributed by atoms with Gasteiger partial charge in [0.15, 0.2) is 5.69 Å². The Labute approximate surface area is 178 Å². The average molecular weight is 437 g/mol. The van der Waals surface area contributed by atoms with Crippen LogP contribution in [-0.2, 0) is 6.18 Å². The number of aromatic nitrogens is 3. The van der Waals surface area contributed by atoms with E-state index in [1.165, 1.54) is 12.1 Å². The number of benzene rings is 3. The van der Waals surface area contributed by atoms with Crippen LogP contribution in [0.3, 0.4) is 0 Å². The molecule has 0 spiro atoms. The van der Waals surface area contributed by atoms with Crippen molar-refractivity contribution in [3.05, 3.63) is 83.9 Å². The molecule has 1 N–H and O–H groups in total. The molecule has 0 atom stereocenters. The molecule has 8 heteroatoms. The molecule has 0 aliphatic carbocycles. The fourth-order valence-electron chi connectivity index (χ4n) is 3.38. The third-order valence-corrected chi connectivity index (χ3v) is 5.68. The van der Waals surface area contributed by atoms with Gasteiger partial charge in [-0.15, -0.1) is 11.3 Å². The van der Waals surface area contributed by atoms with Crippen LogP contribution in [0.1, 0.15) is 5.69 Å². The van der Waals surface area contributed by atoms with Gasteiger partial charge in [-0.05, 0) is 35.0 Å². The molecule has 0 amide bonds. The average Bonchev–Trinajstić information content (AvgIpc) is 3.41. The SMILES string of the molecule is Oc1cccc(-c2csc(-n3nc(-c4ccc5ccccc5c4)cc3C(F)(F)F)n2)c1. The van der Waals surface area contributed by atoms with Gasteiger partial charge >= 0.3 is 6.18 Å². The number of thiazole rings is 1. The lowest BCUT2D eigenvalue weighted by Crippen LogP contribution is -2.13. The van der Waals surface area contributed by atoms with E-state index in [9.17, 15) is 18.3 Å². The van der Waals surface area contributed by atoms with Gasteiger partial charge in [-0.1, -0.05) is 48.5 Å². The molecule has 0 radical (unpaired) electrons. The summed E-state index contributed by atoms with van der Waals surface area (Å²) in [6.07, 6.45) is -4.60. The Kier molecular flexibility index (Phi) is 4.51. The predicted molar refractivity (Wildman–Crippen MR) is 114 cm³/mol. The first kappa shape index (κ1) is 19.3. The molecule has 0 saturated carbocycles. The molecule has 0 fully saturated rings. The van der Waals surface area contributed by atoms with E-state index in [-0.39, 0.29) is 16.6 Å². The number of hydrogen-bond donors (Lipinski definition) is 1. The van der Waals surface area contributed by atoms with Gasteiger partial charge in [0.25, 0.3) is 0 Å². The van der Waals surface area contributed by atoms with Crippen LogP contribution in [0, 0.1) is 0 Å². The molecule has 31 heavy (non-hydrogen) atoms. The van der Waals surface area contributed by atoms with Crippen LogP contribution in [0.2, 0.25) is 0 Å². The number of aromatic hydroxyl groups is 1. The lowest BCUT2D eigenvalue weighted by Gasteiger charge is -2.07. The van der Waals surface area contributed by atoms with Crippen molar-refractivity contribution >= 4 is 22.1 Å². The first-order chi connectivity index (χ1) is 14.9. The van der Waals surface area contributed by atoms with E-state index < -0.39 is 11.9 Å². The van der Waals surface area contributed by atoms with Crippen LogP contribution in [0.5, 0.6) is 5.75 Å². The Morgan fingerprint density at radius 1 is 0.806 bits per heavy atom. The smallest absolute Gasteiger partial charge is 0.433 e. The van der Waals surface area contributed by atoms with Gasteiger partial charge in [0.05, 0.1) is 11.4 Å². The molecule has 4 nitrogen and oxygen atoms in total. The maximum absolute atomic E-state index is 13.8. The van der Waals surface area contributed by atoms with E-state index in [1.807, 2.05) is 36.4 Å². The maximum atomic E-state index is 13.8. The van der Waals surface area contributed by atoms with E-state index in [2.05, 4.69) is 10.1 Å². The molecule has 5 rings (SSSR count). The second kappa shape index (κ2) is 7.24. The number of hydrogen-bond acceptors (Lipinski definition) is 4. The quantitative estimate of drug-likeness (QED) is 0.349. The van der Waals surface area contributed by atoms with E-state index in [0.717, 1.165) is 32.9 Å². The summed E-state index contributed by atoms with van der Waals surface area (Å²) >= 11 is 1.05. The van der Waals surface area contributed by atoms with Crippen molar-refractivity contribution in [2.75, 3.05) is 0 Å². The number of alkyl halides is 3. The first-order valence-electron chi connectivity index (χ1n) is 9.30. The Balaban J connectivity index is 1.61. The van der Waals surface area contributed by atoms with Crippen molar-refractivity contribution < 1.29 is 18.3 Å². The predicted octanol–water partition coefficient (Wildman–Crippen LogP) is 6.54. The molecule has 2 aromatic heterocycles. The van der Waals surface area contributed by atoms with Gasteiger partial charge in [-0.2, -0.15) is 18.3 Å². The summed E-state index contributed by atoms with van der Waals surface area (Å²) in [7, 11) is 0. The zero-order valence-electron chi connectivity index (χ0n) is 15.8. The molecule has 0 saturated heterocycles. The second-order valence-electron chi connectivity index (χ2n) is 6.95. The van der Waals surface area contributed by atoms with Crippen molar-refractivity contribution in [2.45, 2.75) is 6.18 Å². The van der Waals surface area contributed by atoms with Crippen LogP contribution < -0.4 is 0 Å². The number of phenols is 1. The Hall–Kier alpha value is -3.65. The highest BCUT2D eigenvalue weighted by Crippen LogP contribution is 2.36. The van der Waals surface area contributed by atoms with E-state index in [0.29, 0.717) is 16.8 Å². The molecule has 0 bridgehead atoms. The largest absolute Gasteiger partial charge is 0.508 e. The minimum absolute atomic E-state index is 0.0562. The highest BCUT2D eigenvalue weighted by molar-refractivity contribution is 7.12. The number of rotatable bonds is 3. The number of halogens is 3. The van der Waals surface area contributed by atoms with Gasteiger partial charge in [0, 0.05) is 16.5 Å². The van der Waals surface area contributed by atoms with E-state index in [4.69, 9.17) is 0 Å². The third-order valence-electron chi connectivity index (χ3n) is 4.86. The number of fused-ring (bicyclic) bond motifs is 1. The molecule has 0 aliphatic rings. The summed E-state index contributed by atoms with van der Waals surface area (Å²) in [5.41, 5.74) is 0.983. The van der Waals surface area contributed by atoms with Crippen LogP contribution in [-0.4, -0.2) is 19.9 Å². The van der Waals surface area contributed by atoms with Crippen molar-refractivity contribution in [1.29, 1.82) is 0 Å². The highest BCUT2D eigenvalue weighted by Gasteiger charge is 2.37. The van der Waals surface area contributed by atoms with Crippen molar-refractivity contribution in [3.8, 4) is 33.4 Å². The maximum Gasteiger partial charge on any atom is 0.433 e. The zero-order valence-corrected chi connectivity index (χ0v) is 16.7. The van der Waals surface area contributed by atoms with Gasteiger partial charge in [-0.25, -0.2) is 9.67 Å². The van der Waals surface area contributed by atoms with Crippen LogP contribution >= 0.6 is 11.3 Å². The highest BCUT2D eigenvalue weighted by atomic mass is 32.1. The van der Waals surface area contributed by atoms with Crippen molar-refractivity contribution in [3.63, 3.8) is 0 Å². The normalized spacial score (nSPS) is 11.8. The fraction of sp³-hybridized carbons (Fsp3) is 0.0435. The van der Waals surface area contributed by atoms with Crippen LogP contribution in [0.4, 0.5) is 13.2 Å². The molecule has 0 unspecified atom stereocenters. The minimum Gasteiger partial charge on any atom is -0.508 e. The number of phenolic OH excluding ortho intramolecular Hbond substituents is 1. The molecule has 2 heterocycles. The second-order valence-corrected chi connectivity index (χ2v) is 7.79. The Bertz CT molecular complexity index is 1400. The summed E-state index contributed by atoms with van der Waals surface area (Å²) in [5, 5.41) is 17.6. The summed E-state index contributed by atoms with van der Waals surface area (Å²) in [4.78, 5) is 4.33. The summed E-state index contributed by atoms with van der Waals surface area (Å²) in [6, 6.07) is 20.5. The lowest BCUT2D eigenvalue weighted by molar-refractivity contribution is -0.142. The lowest BCUT2D eigenvalue weighted by atomic mass is 10.1. The van der Waals surface area contributed by atoms with Crippen LogP contribution in [0.25, 0.3) is 38.4 Å². The zero-order chi connectivity index (χ0) is 21.6. The van der Waals surface area contributed by atoms with Gasteiger partial charge in [0.2, 0.25) is 5.13 Å². The summed E-state index contributed by atoms with van der Waals surface area (Å²) in [6.45, 7) is 0. The first-order valence-corrected chi connectivity index (χ1v) is 10.2. The molecule has 154 valence electrons. The monoisotopic (exact) mass is 437 g/mol. The Morgan fingerprint density at radius 3 is 2.35 bits per heavy atom. The number of nitrogens with zero attached hydrogens (tertiary/aromatic N) is 3. The summed E-state index contributed by atoms with van der Waals surface area (Å²) < 4.78 is 42.2. The molecule has 0 aliphatic heterocycles. The molecule has 3 aromatic carbocycles. The fourth-order valence-corrected chi connectivity index (χ4v) is 4.17. The van der Waals surface area contributed by atoms with E-state index >= 15 is 0 Å². The third kappa shape index (κ3) is 3.66.